The van der Waals surface area contributed by atoms with Crippen LogP contribution in [0.2, 0.25) is 0 Å². The monoisotopic (exact) mass is 606 g/mol. The number of benzene rings is 6. The van der Waals surface area contributed by atoms with Crippen molar-refractivity contribution in [3.8, 4) is 0 Å². The van der Waals surface area contributed by atoms with Crippen molar-refractivity contribution in [1.82, 2.24) is 0 Å². The van der Waals surface area contributed by atoms with E-state index in [9.17, 15) is 0 Å². The molecule has 6 aromatic rings. The number of hydrogen-bond donors (Lipinski definition) is 0. The van der Waals surface area contributed by atoms with E-state index in [1.165, 1.54) is 65.6 Å². The summed E-state index contributed by atoms with van der Waals surface area (Å²) >= 11 is 8.24. The van der Waals surface area contributed by atoms with E-state index in [0.717, 1.165) is 19.3 Å². The van der Waals surface area contributed by atoms with Crippen molar-refractivity contribution in [3.05, 3.63) is 196 Å². The normalized spacial score (nSPS) is 11.5. The maximum absolute atomic E-state index is 8.24. The molecule has 0 amide bonds. The van der Waals surface area contributed by atoms with Crippen molar-refractivity contribution in [1.29, 1.82) is 0 Å². The van der Waals surface area contributed by atoms with Crippen molar-refractivity contribution in [2.24, 2.45) is 0 Å². The molecular weight excluding hydrogens is 568 g/mol. The third-order valence-corrected chi connectivity index (χ3v) is 14.2. The second kappa shape index (κ2) is 13.2. The topological polar surface area (TPSA) is 0 Å². The van der Waals surface area contributed by atoms with Crippen LogP contribution in [0.15, 0.2) is 146 Å². The lowest BCUT2D eigenvalue weighted by atomic mass is 10.0. The lowest BCUT2D eigenvalue weighted by molar-refractivity contribution is 1.16. The van der Waals surface area contributed by atoms with Crippen LogP contribution in [0.1, 0.15) is 50.1 Å². The van der Waals surface area contributed by atoms with Crippen molar-refractivity contribution in [2.45, 2.75) is 40.0 Å². The Morgan fingerprint density at radius 3 is 0.932 bits per heavy atom. The van der Waals surface area contributed by atoms with Gasteiger partial charge in [-0.15, -0.1) is 11.1 Å². The fraction of sp³-hybridized carbons (Fsp3) is 0.143. The lowest BCUT2D eigenvalue weighted by Gasteiger charge is -2.29. The van der Waals surface area contributed by atoms with Crippen LogP contribution in [0, 0.1) is 20.8 Å². The maximum atomic E-state index is 8.24. The van der Waals surface area contributed by atoms with E-state index in [0.29, 0.717) is 0 Å². The summed E-state index contributed by atoms with van der Waals surface area (Å²) in [5.74, 6) is 0. The molecule has 0 aromatic heterocycles. The lowest BCUT2D eigenvalue weighted by Crippen LogP contribution is -2.63. The first-order valence-corrected chi connectivity index (χ1v) is 18.5. The molecule has 0 saturated carbocycles. The summed E-state index contributed by atoms with van der Waals surface area (Å²) in [5, 5.41) is 3.71. The Hall–Kier alpha value is -4.17. The van der Waals surface area contributed by atoms with Crippen LogP contribution in [0.5, 0.6) is 0 Å². The van der Waals surface area contributed by atoms with Crippen LogP contribution in [0.4, 0.5) is 0 Å². The van der Waals surface area contributed by atoms with E-state index in [1.54, 1.807) is 0 Å². The van der Waals surface area contributed by atoms with Gasteiger partial charge in [-0.3, -0.25) is 0 Å². The Balaban J connectivity index is 1.50. The molecule has 6 rings (SSSR count). The molecule has 2 heteroatoms. The number of rotatable bonds is 9. The summed E-state index contributed by atoms with van der Waals surface area (Å²) in [6, 6.07) is 53.1. The van der Waals surface area contributed by atoms with Crippen LogP contribution in [0.3, 0.4) is 0 Å². The van der Waals surface area contributed by atoms with Crippen LogP contribution in [-0.2, 0) is 19.3 Å². The van der Waals surface area contributed by atoms with Gasteiger partial charge in [0.15, 0.2) is 0 Å². The minimum absolute atomic E-state index is 0.891. The predicted octanol–water partition coefficient (Wildman–Crippen LogP) is 8.59. The minimum atomic E-state index is -2.92. The molecule has 0 bridgehead atoms. The summed E-state index contributed by atoms with van der Waals surface area (Å²) in [6.45, 7) is 6.65. The van der Waals surface area contributed by atoms with E-state index in [4.69, 9.17) is 11.1 Å². The van der Waals surface area contributed by atoms with Crippen molar-refractivity contribution < 1.29 is 0 Å². The number of hydrogen-bond acceptors (Lipinski definition) is 0. The predicted molar refractivity (Wildman–Crippen MR) is 192 cm³/mol. The minimum Gasteiger partial charge on any atom is -0.149 e. The largest absolute Gasteiger partial charge is 0.247 e. The average Bonchev–Trinajstić information content (AvgIpc) is 3.05. The van der Waals surface area contributed by atoms with E-state index in [1.807, 2.05) is 0 Å². The molecule has 0 aliphatic carbocycles. The van der Waals surface area contributed by atoms with Gasteiger partial charge >= 0.3 is 0 Å². The first-order chi connectivity index (χ1) is 21.4. The average molecular weight is 607 g/mol. The van der Waals surface area contributed by atoms with Crippen molar-refractivity contribution in [3.63, 3.8) is 0 Å². The second-order valence-electron chi connectivity index (χ2n) is 12.1. The summed E-state index contributed by atoms with van der Waals surface area (Å²) in [5.41, 5.74) is 11.8. The van der Waals surface area contributed by atoms with E-state index >= 15 is 0 Å². The van der Waals surface area contributed by atoms with Gasteiger partial charge < -0.3 is 0 Å². The van der Waals surface area contributed by atoms with Crippen LogP contribution in [-0.4, -0.2) is 7.38 Å². The molecule has 0 N–H and O–H groups in total. The first kappa shape index (κ1) is 29.9. The molecule has 0 atom stereocenters. The SMILES string of the molecule is Cc1ccc([Si](Cl)(c2ccc(C)c(Cc3ccccc3)c2)c2ccc(C)c(Cc3ccccc3)c2)cc1Cc1ccccc1. The van der Waals surface area contributed by atoms with Crippen molar-refractivity contribution >= 4 is 34.0 Å². The molecule has 0 saturated heterocycles. The third kappa shape index (κ3) is 6.50. The van der Waals surface area contributed by atoms with Gasteiger partial charge in [0.05, 0.1) is 0 Å². The Morgan fingerprint density at radius 1 is 0.386 bits per heavy atom. The summed E-state index contributed by atoms with van der Waals surface area (Å²) < 4.78 is 0. The molecule has 0 unspecified atom stereocenters. The van der Waals surface area contributed by atoms with E-state index in [-0.39, 0.29) is 0 Å². The molecule has 0 radical (unpaired) electrons. The Morgan fingerprint density at radius 2 is 0.659 bits per heavy atom. The third-order valence-electron chi connectivity index (χ3n) is 8.95. The molecule has 0 fully saturated rings. The van der Waals surface area contributed by atoms with Gasteiger partial charge in [-0.1, -0.05) is 146 Å². The molecular formula is C42H39ClSi. The van der Waals surface area contributed by atoms with Gasteiger partial charge in [0.2, 0.25) is 7.38 Å². The van der Waals surface area contributed by atoms with Gasteiger partial charge in [0, 0.05) is 0 Å². The van der Waals surface area contributed by atoms with E-state index in [2.05, 4.69) is 166 Å². The molecule has 0 spiro atoms. The van der Waals surface area contributed by atoms with Gasteiger partial charge in [0.1, 0.15) is 0 Å². The molecule has 0 heterocycles. The smallest absolute Gasteiger partial charge is 0.149 e. The standard InChI is InChI=1S/C42H39ClSi/c1-31-19-22-40(28-37(31)25-34-13-7-4-8-14-34)44(43,41-23-20-32(2)38(29-41)26-35-15-9-5-10-16-35)42-24-21-33(3)39(30-42)27-36-17-11-6-12-18-36/h4-24,28-30H,25-27H2,1-3H3. The molecule has 6 aromatic carbocycles. The molecule has 0 aliphatic heterocycles. The molecule has 0 nitrogen and oxygen atoms in total. The second-order valence-corrected chi connectivity index (χ2v) is 16.8. The summed E-state index contributed by atoms with van der Waals surface area (Å²) in [7, 11) is -2.92. The zero-order valence-corrected chi connectivity index (χ0v) is 27.6. The van der Waals surface area contributed by atoms with Crippen molar-refractivity contribution in [2.75, 3.05) is 0 Å². The van der Waals surface area contributed by atoms with Crippen LogP contribution >= 0.6 is 11.1 Å². The fourth-order valence-electron chi connectivity index (χ4n) is 6.18. The van der Waals surface area contributed by atoms with Gasteiger partial charge in [-0.05, 0) is 106 Å². The summed E-state index contributed by atoms with van der Waals surface area (Å²) in [4.78, 5) is 0. The molecule has 218 valence electrons. The zero-order chi connectivity index (χ0) is 30.5. The Kier molecular flexibility index (Phi) is 8.98. The Bertz CT molecular complexity index is 1640. The summed E-state index contributed by atoms with van der Waals surface area (Å²) in [6.07, 6.45) is 2.67. The molecule has 44 heavy (non-hydrogen) atoms. The highest BCUT2D eigenvalue weighted by Crippen LogP contribution is 2.22. The highest BCUT2D eigenvalue weighted by atomic mass is 35.6. The highest BCUT2D eigenvalue weighted by molar-refractivity contribution is 7.40. The fourth-order valence-corrected chi connectivity index (χ4v) is 10.3. The number of halogens is 1. The van der Waals surface area contributed by atoms with Gasteiger partial charge in [-0.25, -0.2) is 0 Å². The van der Waals surface area contributed by atoms with Gasteiger partial charge in [0.25, 0.3) is 0 Å². The zero-order valence-electron chi connectivity index (χ0n) is 25.9. The highest BCUT2D eigenvalue weighted by Gasteiger charge is 2.39. The molecule has 0 aliphatic rings. The van der Waals surface area contributed by atoms with Gasteiger partial charge in [-0.2, -0.15) is 0 Å². The number of aryl methyl sites for hydroxylation is 3. The maximum Gasteiger partial charge on any atom is 0.247 e. The van der Waals surface area contributed by atoms with E-state index < -0.39 is 7.38 Å². The quantitative estimate of drug-likeness (QED) is 0.0878. The van der Waals surface area contributed by atoms with Crippen LogP contribution in [0.25, 0.3) is 0 Å². The van der Waals surface area contributed by atoms with Crippen LogP contribution < -0.4 is 15.6 Å². The Labute approximate surface area is 268 Å². The first-order valence-electron chi connectivity index (χ1n) is 15.5.